The molecule has 126 valence electrons. The van der Waals surface area contributed by atoms with Gasteiger partial charge >= 0.3 is 0 Å². The zero-order chi connectivity index (χ0) is 17.3. The second kappa shape index (κ2) is 6.40. The third-order valence-electron chi connectivity index (χ3n) is 4.26. The summed E-state index contributed by atoms with van der Waals surface area (Å²) in [6.07, 6.45) is 3.04. The van der Waals surface area contributed by atoms with Gasteiger partial charge in [0.2, 0.25) is 5.91 Å². The normalized spacial score (nSPS) is 15.8. The number of carbonyl (C=O) groups is 1. The SMILES string of the molecule is Cc1ccc([C@@H](NC(=O)C2CC2)c2cccc(S(C)(=O)=O)c2)cc1. The van der Waals surface area contributed by atoms with Crippen LogP contribution >= 0.6 is 0 Å². The highest BCUT2D eigenvalue weighted by Crippen LogP contribution is 2.31. The fourth-order valence-corrected chi connectivity index (χ4v) is 3.32. The number of carbonyl (C=O) groups excluding carboxylic acids is 1. The van der Waals surface area contributed by atoms with E-state index < -0.39 is 9.84 Å². The van der Waals surface area contributed by atoms with Crippen LogP contribution < -0.4 is 5.32 Å². The third kappa shape index (κ3) is 3.85. The van der Waals surface area contributed by atoms with Crippen LogP contribution in [-0.4, -0.2) is 20.6 Å². The Kier molecular flexibility index (Phi) is 4.45. The average molecular weight is 343 g/mol. The Hall–Kier alpha value is -2.14. The van der Waals surface area contributed by atoms with Crippen molar-refractivity contribution < 1.29 is 13.2 Å². The van der Waals surface area contributed by atoms with Gasteiger partial charge in [-0.25, -0.2) is 8.42 Å². The average Bonchev–Trinajstić information content (AvgIpc) is 3.38. The lowest BCUT2D eigenvalue weighted by atomic mass is 9.97. The molecule has 0 saturated heterocycles. The maximum absolute atomic E-state index is 12.3. The Balaban J connectivity index is 2.00. The molecule has 0 heterocycles. The zero-order valence-electron chi connectivity index (χ0n) is 13.8. The maximum Gasteiger partial charge on any atom is 0.223 e. The van der Waals surface area contributed by atoms with Gasteiger partial charge in [0.15, 0.2) is 9.84 Å². The molecule has 1 N–H and O–H groups in total. The molecular weight excluding hydrogens is 322 g/mol. The number of hydrogen-bond acceptors (Lipinski definition) is 3. The first-order valence-corrected chi connectivity index (χ1v) is 9.91. The molecule has 0 unspecified atom stereocenters. The molecule has 1 saturated carbocycles. The molecule has 4 nitrogen and oxygen atoms in total. The van der Waals surface area contributed by atoms with Crippen LogP contribution in [0.3, 0.4) is 0 Å². The quantitative estimate of drug-likeness (QED) is 0.908. The summed E-state index contributed by atoms with van der Waals surface area (Å²) in [5.74, 6) is 0.126. The summed E-state index contributed by atoms with van der Waals surface area (Å²) in [7, 11) is -3.29. The standard InChI is InChI=1S/C19H21NO3S/c1-13-6-8-14(9-7-13)18(20-19(21)15-10-11-15)16-4-3-5-17(12-16)24(2,22)23/h3-9,12,15,18H,10-11H2,1-2H3,(H,20,21)/t18-/m1/s1. The van der Waals surface area contributed by atoms with E-state index in [4.69, 9.17) is 0 Å². The van der Waals surface area contributed by atoms with Crippen LogP contribution in [-0.2, 0) is 14.6 Å². The van der Waals surface area contributed by atoms with E-state index in [9.17, 15) is 13.2 Å². The van der Waals surface area contributed by atoms with Crippen molar-refractivity contribution in [2.75, 3.05) is 6.26 Å². The van der Waals surface area contributed by atoms with Gasteiger partial charge in [0, 0.05) is 12.2 Å². The maximum atomic E-state index is 12.3. The van der Waals surface area contributed by atoms with Crippen LogP contribution in [0.2, 0.25) is 0 Å². The van der Waals surface area contributed by atoms with E-state index in [2.05, 4.69) is 5.32 Å². The van der Waals surface area contributed by atoms with Crippen molar-refractivity contribution >= 4 is 15.7 Å². The lowest BCUT2D eigenvalue weighted by Crippen LogP contribution is -2.30. The second-order valence-corrected chi connectivity index (χ2v) is 8.49. The van der Waals surface area contributed by atoms with E-state index in [-0.39, 0.29) is 22.8 Å². The summed E-state index contributed by atoms with van der Waals surface area (Å²) >= 11 is 0. The highest BCUT2D eigenvalue weighted by molar-refractivity contribution is 7.90. The van der Waals surface area contributed by atoms with Crippen molar-refractivity contribution in [2.45, 2.75) is 30.7 Å². The Morgan fingerprint density at radius 2 is 1.75 bits per heavy atom. The first-order valence-electron chi connectivity index (χ1n) is 8.01. The van der Waals surface area contributed by atoms with Gasteiger partial charge in [-0.1, -0.05) is 42.0 Å². The van der Waals surface area contributed by atoms with Gasteiger partial charge in [0.05, 0.1) is 10.9 Å². The van der Waals surface area contributed by atoms with Crippen molar-refractivity contribution in [3.63, 3.8) is 0 Å². The molecule has 24 heavy (non-hydrogen) atoms. The van der Waals surface area contributed by atoms with Crippen LogP contribution in [0.25, 0.3) is 0 Å². The van der Waals surface area contributed by atoms with Gasteiger partial charge in [0.1, 0.15) is 0 Å². The van der Waals surface area contributed by atoms with Gasteiger partial charge in [0.25, 0.3) is 0 Å². The van der Waals surface area contributed by atoms with E-state index in [1.165, 1.54) is 6.26 Å². The van der Waals surface area contributed by atoms with Crippen molar-refractivity contribution in [1.29, 1.82) is 0 Å². The number of aryl methyl sites for hydroxylation is 1. The molecule has 5 heteroatoms. The summed E-state index contributed by atoms with van der Waals surface area (Å²) < 4.78 is 23.7. The first-order chi connectivity index (χ1) is 11.3. The summed E-state index contributed by atoms with van der Waals surface area (Å²) in [6, 6.07) is 14.4. The predicted molar refractivity (Wildman–Crippen MR) is 93.4 cm³/mol. The molecule has 1 amide bonds. The number of nitrogens with one attached hydrogen (secondary N) is 1. The molecule has 0 spiro atoms. The van der Waals surface area contributed by atoms with E-state index >= 15 is 0 Å². The van der Waals surface area contributed by atoms with Crippen LogP contribution in [0.4, 0.5) is 0 Å². The van der Waals surface area contributed by atoms with E-state index in [0.717, 1.165) is 29.5 Å². The largest absolute Gasteiger partial charge is 0.345 e. The molecule has 1 fully saturated rings. The minimum Gasteiger partial charge on any atom is -0.345 e. The molecule has 0 bridgehead atoms. The highest BCUT2D eigenvalue weighted by Gasteiger charge is 2.31. The van der Waals surface area contributed by atoms with E-state index in [1.54, 1.807) is 18.2 Å². The summed E-state index contributed by atoms with van der Waals surface area (Å²) in [5, 5.41) is 3.08. The Morgan fingerprint density at radius 1 is 1.08 bits per heavy atom. The summed E-state index contributed by atoms with van der Waals surface area (Å²) in [6.45, 7) is 2.01. The fraction of sp³-hybridized carbons (Fsp3) is 0.316. The predicted octanol–water partition coefficient (Wildman–Crippen LogP) is 3.01. The number of sulfone groups is 1. The van der Waals surface area contributed by atoms with Crippen molar-refractivity contribution in [3.8, 4) is 0 Å². The Bertz CT molecular complexity index is 852. The summed E-state index contributed by atoms with van der Waals surface area (Å²) in [5.41, 5.74) is 2.85. The molecule has 0 aliphatic heterocycles. The monoisotopic (exact) mass is 343 g/mol. The van der Waals surface area contributed by atoms with Crippen LogP contribution in [0.1, 0.15) is 35.6 Å². The Morgan fingerprint density at radius 3 is 2.33 bits per heavy atom. The molecule has 1 atom stereocenters. The summed E-state index contributed by atoms with van der Waals surface area (Å²) in [4.78, 5) is 12.5. The highest BCUT2D eigenvalue weighted by atomic mass is 32.2. The smallest absolute Gasteiger partial charge is 0.223 e. The van der Waals surface area contributed by atoms with Crippen molar-refractivity contribution in [3.05, 3.63) is 65.2 Å². The van der Waals surface area contributed by atoms with Gasteiger partial charge in [-0.3, -0.25) is 4.79 Å². The number of hydrogen-bond donors (Lipinski definition) is 1. The molecular formula is C19H21NO3S. The Labute approximate surface area is 142 Å². The minimum atomic E-state index is -3.29. The van der Waals surface area contributed by atoms with Gasteiger partial charge < -0.3 is 5.32 Å². The molecule has 2 aromatic rings. The van der Waals surface area contributed by atoms with Gasteiger partial charge in [-0.05, 0) is 43.0 Å². The van der Waals surface area contributed by atoms with Gasteiger partial charge in [-0.15, -0.1) is 0 Å². The second-order valence-electron chi connectivity index (χ2n) is 6.47. The minimum absolute atomic E-state index is 0.0327. The fourth-order valence-electron chi connectivity index (χ4n) is 2.65. The van der Waals surface area contributed by atoms with Crippen molar-refractivity contribution in [2.24, 2.45) is 5.92 Å². The van der Waals surface area contributed by atoms with Crippen LogP contribution in [0, 0.1) is 12.8 Å². The first kappa shape index (κ1) is 16.7. The molecule has 0 aromatic heterocycles. The molecule has 0 radical (unpaired) electrons. The van der Waals surface area contributed by atoms with E-state index in [1.807, 2.05) is 37.3 Å². The van der Waals surface area contributed by atoms with Crippen LogP contribution in [0.5, 0.6) is 0 Å². The lowest BCUT2D eigenvalue weighted by Gasteiger charge is -2.20. The van der Waals surface area contributed by atoms with Crippen molar-refractivity contribution in [1.82, 2.24) is 5.32 Å². The number of rotatable bonds is 5. The molecule has 3 rings (SSSR count). The number of amides is 1. The van der Waals surface area contributed by atoms with Crippen LogP contribution in [0.15, 0.2) is 53.4 Å². The third-order valence-corrected chi connectivity index (χ3v) is 5.38. The zero-order valence-corrected chi connectivity index (χ0v) is 14.6. The van der Waals surface area contributed by atoms with Gasteiger partial charge in [-0.2, -0.15) is 0 Å². The number of benzene rings is 2. The van der Waals surface area contributed by atoms with E-state index in [0.29, 0.717) is 0 Å². The molecule has 1 aliphatic rings. The molecule has 1 aliphatic carbocycles. The molecule has 2 aromatic carbocycles. The topological polar surface area (TPSA) is 63.2 Å². The lowest BCUT2D eigenvalue weighted by molar-refractivity contribution is -0.122.